The minimum absolute atomic E-state index is 0.188. The third-order valence-corrected chi connectivity index (χ3v) is 3.47. The second-order valence-electron chi connectivity index (χ2n) is 4.27. The van der Waals surface area contributed by atoms with Gasteiger partial charge in [-0.3, -0.25) is 5.84 Å². The fourth-order valence-corrected chi connectivity index (χ4v) is 2.52. The van der Waals surface area contributed by atoms with Gasteiger partial charge in [0.1, 0.15) is 11.6 Å². The molecule has 2 nitrogen and oxygen atoms in total. The van der Waals surface area contributed by atoms with E-state index in [-0.39, 0.29) is 5.56 Å². The van der Waals surface area contributed by atoms with E-state index in [1.165, 1.54) is 0 Å². The van der Waals surface area contributed by atoms with Crippen molar-refractivity contribution >= 4 is 15.9 Å². The molecule has 0 aliphatic carbocycles. The number of aryl methyl sites for hydroxylation is 1. The van der Waals surface area contributed by atoms with Gasteiger partial charge < -0.3 is 0 Å². The van der Waals surface area contributed by atoms with Gasteiger partial charge >= 0.3 is 0 Å². The van der Waals surface area contributed by atoms with Crippen molar-refractivity contribution in [2.75, 3.05) is 0 Å². The molecule has 0 saturated heterocycles. The largest absolute Gasteiger partial charge is 0.271 e. The first-order valence-corrected chi connectivity index (χ1v) is 6.49. The topological polar surface area (TPSA) is 38.0 Å². The van der Waals surface area contributed by atoms with E-state index in [1.54, 1.807) is 0 Å². The molecule has 19 heavy (non-hydrogen) atoms. The zero-order valence-corrected chi connectivity index (χ0v) is 11.8. The first-order valence-electron chi connectivity index (χ1n) is 5.70. The molecule has 1 unspecified atom stereocenters. The van der Waals surface area contributed by atoms with E-state index < -0.39 is 17.7 Å². The summed E-state index contributed by atoms with van der Waals surface area (Å²) in [4.78, 5) is 0. The highest BCUT2D eigenvalue weighted by Gasteiger charge is 2.19. The number of halogens is 3. The van der Waals surface area contributed by atoms with Crippen LogP contribution in [-0.4, -0.2) is 0 Å². The summed E-state index contributed by atoms with van der Waals surface area (Å²) < 4.78 is 28.0. The van der Waals surface area contributed by atoms with E-state index in [9.17, 15) is 8.78 Å². The summed E-state index contributed by atoms with van der Waals surface area (Å²) >= 11 is 3.36. The normalized spacial score (nSPS) is 12.5. The van der Waals surface area contributed by atoms with Gasteiger partial charge in [-0.25, -0.2) is 14.2 Å². The second kappa shape index (κ2) is 5.77. The van der Waals surface area contributed by atoms with Crippen LogP contribution in [0, 0.1) is 18.6 Å². The first kappa shape index (κ1) is 14.1. The Bertz CT molecular complexity index is 602. The Morgan fingerprint density at radius 2 is 1.84 bits per heavy atom. The second-order valence-corrected chi connectivity index (χ2v) is 5.18. The summed E-state index contributed by atoms with van der Waals surface area (Å²) in [6.45, 7) is 1.89. The third-order valence-electron chi connectivity index (χ3n) is 2.98. The van der Waals surface area contributed by atoms with Crippen molar-refractivity contribution in [2.24, 2.45) is 5.84 Å². The first-order chi connectivity index (χ1) is 9.02. The quantitative estimate of drug-likeness (QED) is 0.668. The van der Waals surface area contributed by atoms with Gasteiger partial charge in [-0.2, -0.15) is 0 Å². The van der Waals surface area contributed by atoms with Gasteiger partial charge in [0.15, 0.2) is 0 Å². The van der Waals surface area contributed by atoms with Gasteiger partial charge in [0, 0.05) is 10.0 Å². The van der Waals surface area contributed by atoms with Crippen LogP contribution >= 0.6 is 15.9 Å². The highest BCUT2D eigenvalue weighted by molar-refractivity contribution is 9.10. The third kappa shape index (κ3) is 3.00. The Hall–Kier alpha value is -1.30. The van der Waals surface area contributed by atoms with E-state index in [0.29, 0.717) is 0 Å². The predicted octanol–water partition coefficient (Wildman–Crippen LogP) is 3.59. The lowest BCUT2D eigenvalue weighted by molar-refractivity contribution is 0.544. The SMILES string of the molecule is Cc1cc(Br)ccc1C(NN)c1cc(F)ccc1F. The summed E-state index contributed by atoms with van der Waals surface area (Å²) in [6.07, 6.45) is 0. The van der Waals surface area contributed by atoms with Gasteiger partial charge in [-0.15, -0.1) is 0 Å². The maximum Gasteiger partial charge on any atom is 0.128 e. The smallest absolute Gasteiger partial charge is 0.128 e. The molecule has 100 valence electrons. The Morgan fingerprint density at radius 1 is 1.11 bits per heavy atom. The number of nitrogens with two attached hydrogens (primary N) is 1. The van der Waals surface area contributed by atoms with E-state index >= 15 is 0 Å². The maximum absolute atomic E-state index is 13.8. The molecule has 0 amide bonds. The fraction of sp³-hybridized carbons (Fsp3) is 0.143. The number of hydrogen-bond donors (Lipinski definition) is 2. The predicted molar refractivity (Wildman–Crippen MR) is 74.4 cm³/mol. The molecular weight excluding hydrogens is 314 g/mol. The summed E-state index contributed by atoms with van der Waals surface area (Å²) in [5, 5.41) is 0. The molecule has 0 heterocycles. The van der Waals surface area contributed by atoms with Gasteiger partial charge in [0.05, 0.1) is 6.04 Å². The van der Waals surface area contributed by atoms with Gasteiger partial charge in [-0.05, 0) is 48.4 Å². The highest BCUT2D eigenvalue weighted by Crippen LogP contribution is 2.28. The molecular formula is C14H13BrF2N2. The van der Waals surface area contributed by atoms with Crippen molar-refractivity contribution in [3.63, 3.8) is 0 Å². The lowest BCUT2D eigenvalue weighted by Crippen LogP contribution is -2.30. The summed E-state index contributed by atoms with van der Waals surface area (Å²) in [7, 11) is 0. The molecule has 2 rings (SSSR count). The van der Waals surface area contributed by atoms with Crippen LogP contribution in [-0.2, 0) is 0 Å². The average molecular weight is 327 g/mol. The molecule has 2 aromatic carbocycles. The van der Waals surface area contributed by atoms with E-state index in [4.69, 9.17) is 5.84 Å². The van der Waals surface area contributed by atoms with Crippen LogP contribution in [0.3, 0.4) is 0 Å². The van der Waals surface area contributed by atoms with Crippen molar-refractivity contribution < 1.29 is 8.78 Å². The molecule has 0 aliphatic heterocycles. The standard InChI is InChI=1S/C14H13BrF2N2/c1-8-6-9(15)2-4-11(8)14(19-18)12-7-10(16)3-5-13(12)17/h2-7,14,19H,18H2,1H3. The van der Waals surface area contributed by atoms with Crippen LogP contribution < -0.4 is 11.3 Å². The molecule has 5 heteroatoms. The minimum atomic E-state index is -0.594. The van der Waals surface area contributed by atoms with Crippen molar-refractivity contribution in [3.05, 3.63) is 69.2 Å². The van der Waals surface area contributed by atoms with Crippen LogP contribution in [0.15, 0.2) is 40.9 Å². The lowest BCUT2D eigenvalue weighted by Gasteiger charge is -2.20. The average Bonchev–Trinajstić information content (AvgIpc) is 2.36. The number of benzene rings is 2. The monoisotopic (exact) mass is 326 g/mol. The number of hydrogen-bond acceptors (Lipinski definition) is 2. The van der Waals surface area contributed by atoms with Crippen LogP contribution in [0.25, 0.3) is 0 Å². The molecule has 0 radical (unpaired) electrons. The number of rotatable bonds is 3. The number of hydrazine groups is 1. The highest BCUT2D eigenvalue weighted by atomic mass is 79.9. The van der Waals surface area contributed by atoms with Crippen LogP contribution in [0.2, 0.25) is 0 Å². The van der Waals surface area contributed by atoms with Crippen molar-refractivity contribution in [1.82, 2.24) is 5.43 Å². The molecule has 2 aromatic rings. The Balaban J connectivity index is 2.52. The molecule has 0 aromatic heterocycles. The summed E-state index contributed by atoms with van der Waals surface area (Å²) in [5.41, 5.74) is 4.46. The minimum Gasteiger partial charge on any atom is -0.271 e. The molecule has 0 fully saturated rings. The maximum atomic E-state index is 13.8. The zero-order chi connectivity index (χ0) is 14.0. The zero-order valence-electron chi connectivity index (χ0n) is 10.3. The van der Waals surface area contributed by atoms with Crippen molar-refractivity contribution in [3.8, 4) is 0 Å². The van der Waals surface area contributed by atoms with E-state index in [0.717, 1.165) is 33.8 Å². The molecule has 0 spiro atoms. The van der Waals surface area contributed by atoms with E-state index in [1.807, 2.05) is 25.1 Å². The van der Waals surface area contributed by atoms with Crippen LogP contribution in [0.4, 0.5) is 8.78 Å². The van der Waals surface area contributed by atoms with Gasteiger partial charge in [0.25, 0.3) is 0 Å². The molecule has 3 N–H and O–H groups in total. The van der Waals surface area contributed by atoms with Crippen LogP contribution in [0.5, 0.6) is 0 Å². The molecule has 0 aliphatic rings. The van der Waals surface area contributed by atoms with Gasteiger partial charge in [0.2, 0.25) is 0 Å². The Labute approximate surface area is 118 Å². The van der Waals surface area contributed by atoms with Crippen molar-refractivity contribution in [1.29, 1.82) is 0 Å². The van der Waals surface area contributed by atoms with Crippen molar-refractivity contribution in [2.45, 2.75) is 13.0 Å². The number of nitrogens with one attached hydrogen (secondary N) is 1. The molecule has 0 bridgehead atoms. The molecule has 0 saturated carbocycles. The fourth-order valence-electron chi connectivity index (χ4n) is 2.05. The van der Waals surface area contributed by atoms with Crippen LogP contribution in [0.1, 0.15) is 22.7 Å². The Morgan fingerprint density at radius 3 is 2.47 bits per heavy atom. The van der Waals surface area contributed by atoms with E-state index in [2.05, 4.69) is 21.4 Å². The summed E-state index contributed by atoms with van der Waals surface area (Å²) in [5.74, 6) is 4.52. The van der Waals surface area contributed by atoms with Gasteiger partial charge in [-0.1, -0.05) is 22.0 Å². The molecule has 1 atom stereocenters. The summed E-state index contributed by atoms with van der Waals surface area (Å²) in [6, 6.07) is 8.31. The lowest BCUT2D eigenvalue weighted by atomic mass is 9.95. The Kier molecular flexibility index (Phi) is 4.29.